The van der Waals surface area contributed by atoms with Crippen LogP contribution < -0.4 is 0 Å². The molecule has 0 aromatic heterocycles. The maximum Gasteiger partial charge on any atom is 0.151 e. The summed E-state index contributed by atoms with van der Waals surface area (Å²) >= 11 is 3.31. The van der Waals surface area contributed by atoms with Crippen LogP contribution in [0.3, 0.4) is 0 Å². The Morgan fingerprint density at radius 3 is 2.46 bits per heavy atom. The van der Waals surface area contributed by atoms with Crippen LogP contribution in [-0.4, -0.2) is 17.0 Å². The number of hydrogen-bond acceptors (Lipinski definition) is 2. The number of rotatable bonds is 3. The molecule has 1 atom stereocenters. The van der Waals surface area contributed by atoms with E-state index in [9.17, 15) is 9.90 Å². The van der Waals surface area contributed by atoms with E-state index in [0.717, 1.165) is 10.0 Å². The molecule has 0 aliphatic heterocycles. The van der Waals surface area contributed by atoms with Gasteiger partial charge in [-0.1, -0.05) is 28.1 Å². The minimum Gasteiger partial charge on any atom is -0.382 e. The fraction of sp³-hybridized carbons (Fsp3) is 0.300. The molecule has 0 spiro atoms. The van der Waals surface area contributed by atoms with E-state index in [1.807, 2.05) is 24.3 Å². The molecule has 1 N–H and O–H groups in total. The van der Waals surface area contributed by atoms with Gasteiger partial charge in [0.1, 0.15) is 5.60 Å². The molecule has 70 valence electrons. The van der Waals surface area contributed by atoms with Gasteiger partial charge < -0.3 is 9.90 Å². The zero-order valence-corrected chi connectivity index (χ0v) is 8.91. The standard InChI is InChI=1S/C10H11BrO2/c1-10(13,7-12)6-8-2-4-9(11)5-3-8/h2-5,7,13H,6H2,1H3. The molecule has 13 heavy (non-hydrogen) atoms. The highest BCUT2D eigenvalue weighted by Crippen LogP contribution is 2.14. The third kappa shape index (κ3) is 3.28. The third-order valence-electron chi connectivity index (χ3n) is 1.73. The maximum atomic E-state index is 10.4. The number of aldehydes is 1. The van der Waals surface area contributed by atoms with Gasteiger partial charge in [-0.2, -0.15) is 0 Å². The van der Waals surface area contributed by atoms with Gasteiger partial charge in [-0.15, -0.1) is 0 Å². The van der Waals surface area contributed by atoms with E-state index in [4.69, 9.17) is 0 Å². The highest BCUT2D eigenvalue weighted by atomic mass is 79.9. The molecule has 0 fully saturated rings. The Balaban J connectivity index is 2.75. The second-order valence-corrected chi connectivity index (χ2v) is 4.19. The molecule has 0 aliphatic carbocycles. The molecule has 3 heteroatoms. The summed E-state index contributed by atoms with van der Waals surface area (Å²) < 4.78 is 0.988. The van der Waals surface area contributed by atoms with Crippen molar-refractivity contribution in [1.82, 2.24) is 0 Å². The minimum atomic E-state index is -1.26. The van der Waals surface area contributed by atoms with Crippen LogP contribution in [0.5, 0.6) is 0 Å². The molecule has 0 bridgehead atoms. The lowest BCUT2D eigenvalue weighted by atomic mass is 9.98. The Hall–Kier alpha value is -0.670. The molecular weight excluding hydrogens is 232 g/mol. The Labute approximate surface area is 85.7 Å². The molecule has 1 aromatic carbocycles. The highest BCUT2D eigenvalue weighted by Gasteiger charge is 2.19. The summed E-state index contributed by atoms with van der Waals surface area (Å²) in [6, 6.07) is 7.52. The third-order valence-corrected chi connectivity index (χ3v) is 2.26. The Bertz CT molecular complexity index is 290. The van der Waals surface area contributed by atoms with Gasteiger partial charge in [-0.3, -0.25) is 0 Å². The van der Waals surface area contributed by atoms with Crippen LogP contribution in [0, 0.1) is 0 Å². The van der Waals surface area contributed by atoms with Crippen LogP contribution in [0.25, 0.3) is 0 Å². The SMILES string of the molecule is CC(O)(C=O)Cc1ccc(Br)cc1. The summed E-state index contributed by atoms with van der Waals surface area (Å²) in [4.78, 5) is 10.4. The molecule has 1 unspecified atom stereocenters. The van der Waals surface area contributed by atoms with Crippen LogP contribution in [-0.2, 0) is 11.2 Å². The van der Waals surface area contributed by atoms with Crippen molar-refractivity contribution >= 4 is 22.2 Å². The molecule has 1 aromatic rings. The fourth-order valence-electron chi connectivity index (χ4n) is 1.06. The van der Waals surface area contributed by atoms with Gasteiger partial charge in [-0.25, -0.2) is 0 Å². The molecule has 0 radical (unpaired) electrons. The van der Waals surface area contributed by atoms with E-state index in [1.165, 1.54) is 6.92 Å². The average Bonchev–Trinajstić information content (AvgIpc) is 2.09. The number of hydrogen-bond donors (Lipinski definition) is 1. The summed E-state index contributed by atoms with van der Waals surface area (Å²) in [5.41, 5.74) is -0.311. The Morgan fingerprint density at radius 2 is 2.00 bits per heavy atom. The quantitative estimate of drug-likeness (QED) is 0.823. The van der Waals surface area contributed by atoms with E-state index in [0.29, 0.717) is 12.7 Å². The summed E-state index contributed by atoms with van der Waals surface area (Å²) in [7, 11) is 0. The van der Waals surface area contributed by atoms with Gasteiger partial charge in [0.15, 0.2) is 6.29 Å². The van der Waals surface area contributed by atoms with Crippen molar-refractivity contribution in [2.75, 3.05) is 0 Å². The Morgan fingerprint density at radius 1 is 1.46 bits per heavy atom. The second kappa shape index (κ2) is 4.03. The first kappa shape index (κ1) is 10.4. The van der Waals surface area contributed by atoms with Crippen molar-refractivity contribution in [1.29, 1.82) is 0 Å². The maximum absolute atomic E-state index is 10.4. The number of halogens is 1. The molecule has 0 amide bonds. The fourth-order valence-corrected chi connectivity index (χ4v) is 1.32. The van der Waals surface area contributed by atoms with Gasteiger partial charge in [0.25, 0.3) is 0 Å². The lowest BCUT2D eigenvalue weighted by Crippen LogP contribution is -2.28. The average molecular weight is 243 g/mol. The first-order chi connectivity index (χ1) is 6.03. The second-order valence-electron chi connectivity index (χ2n) is 3.28. The van der Waals surface area contributed by atoms with Crippen molar-refractivity contribution in [2.24, 2.45) is 0 Å². The van der Waals surface area contributed by atoms with E-state index < -0.39 is 5.60 Å². The van der Waals surface area contributed by atoms with Crippen LogP contribution >= 0.6 is 15.9 Å². The summed E-state index contributed by atoms with van der Waals surface area (Å²) in [5, 5.41) is 9.47. The van der Waals surface area contributed by atoms with Crippen LogP contribution in [0.15, 0.2) is 28.7 Å². The topological polar surface area (TPSA) is 37.3 Å². The molecule has 0 saturated heterocycles. The monoisotopic (exact) mass is 242 g/mol. The zero-order valence-electron chi connectivity index (χ0n) is 7.33. The summed E-state index contributed by atoms with van der Waals surface area (Å²) in [6.07, 6.45) is 0.916. The lowest BCUT2D eigenvalue weighted by molar-refractivity contribution is -0.122. The molecule has 0 saturated carbocycles. The lowest BCUT2D eigenvalue weighted by Gasteiger charge is -2.15. The van der Waals surface area contributed by atoms with E-state index in [1.54, 1.807) is 0 Å². The predicted molar refractivity (Wildman–Crippen MR) is 54.5 cm³/mol. The number of aliphatic hydroxyl groups is 1. The number of carbonyl (C=O) groups is 1. The van der Waals surface area contributed by atoms with Crippen LogP contribution in [0.2, 0.25) is 0 Å². The Kier molecular flexibility index (Phi) is 3.22. The number of carbonyl (C=O) groups excluding carboxylic acids is 1. The summed E-state index contributed by atoms with van der Waals surface area (Å²) in [5.74, 6) is 0. The van der Waals surface area contributed by atoms with Crippen molar-refractivity contribution in [3.63, 3.8) is 0 Å². The first-order valence-corrected chi connectivity index (χ1v) is 4.76. The van der Waals surface area contributed by atoms with Crippen molar-refractivity contribution < 1.29 is 9.90 Å². The molecule has 2 nitrogen and oxygen atoms in total. The van der Waals surface area contributed by atoms with Crippen molar-refractivity contribution in [3.8, 4) is 0 Å². The zero-order chi connectivity index (χ0) is 9.90. The largest absolute Gasteiger partial charge is 0.382 e. The van der Waals surface area contributed by atoms with Gasteiger partial charge in [0.2, 0.25) is 0 Å². The first-order valence-electron chi connectivity index (χ1n) is 3.97. The van der Waals surface area contributed by atoms with Gasteiger partial charge in [0, 0.05) is 10.9 Å². The van der Waals surface area contributed by atoms with Gasteiger partial charge >= 0.3 is 0 Å². The minimum absolute atomic E-state index is 0.351. The van der Waals surface area contributed by atoms with Gasteiger partial charge in [0.05, 0.1) is 0 Å². The molecule has 0 aliphatic rings. The molecule has 0 heterocycles. The summed E-state index contributed by atoms with van der Waals surface area (Å²) in [6.45, 7) is 1.50. The molecular formula is C10H11BrO2. The predicted octanol–water partition coefficient (Wildman–Crippen LogP) is 1.94. The van der Waals surface area contributed by atoms with E-state index >= 15 is 0 Å². The van der Waals surface area contributed by atoms with E-state index in [-0.39, 0.29) is 0 Å². The highest BCUT2D eigenvalue weighted by molar-refractivity contribution is 9.10. The van der Waals surface area contributed by atoms with E-state index in [2.05, 4.69) is 15.9 Å². The van der Waals surface area contributed by atoms with Gasteiger partial charge in [-0.05, 0) is 24.6 Å². The van der Waals surface area contributed by atoms with Crippen LogP contribution in [0.1, 0.15) is 12.5 Å². The number of benzene rings is 1. The van der Waals surface area contributed by atoms with Crippen molar-refractivity contribution in [2.45, 2.75) is 18.9 Å². The van der Waals surface area contributed by atoms with Crippen molar-refractivity contribution in [3.05, 3.63) is 34.3 Å². The van der Waals surface area contributed by atoms with Crippen LogP contribution in [0.4, 0.5) is 0 Å². The normalized spacial score (nSPS) is 15.0. The smallest absolute Gasteiger partial charge is 0.151 e. The molecule has 1 rings (SSSR count).